The lowest BCUT2D eigenvalue weighted by molar-refractivity contribution is 1.14. The molecule has 274 valence electrons. The lowest BCUT2D eigenvalue weighted by Crippen LogP contribution is -2.01. The van der Waals surface area contributed by atoms with E-state index in [1.165, 1.54) is 32.3 Å². The van der Waals surface area contributed by atoms with E-state index in [4.69, 9.17) is 9.97 Å². The summed E-state index contributed by atoms with van der Waals surface area (Å²) in [5, 5.41) is 18.3. The van der Waals surface area contributed by atoms with Crippen molar-refractivity contribution in [2.75, 3.05) is 0 Å². The third-order valence-corrected chi connectivity index (χ3v) is 11.8. The predicted molar refractivity (Wildman–Crippen MR) is 241 cm³/mol. The van der Waals surface area contributed by atoms with E-state index in [1.54, 1.807) is 0 Å². The summed E-state index contributed by atoms with van der Waals surface area (Å²) in [4.78, 5) is 9.71. The highest BCUT2D eigenvalue weighted by molar-refractivity contribution is 6.11. The smallest absolute Gasteiger partial charge is 0.100 e. The first kappa shape index (κ1) is 32.9. The maximum absolute atomic E-state index is 11.3. The van der Waals surface area contributed by atoms with E-state index in [9.17, 15) is 5.26 Å². The van der Waals surface area contributed by atoms with Crippen LogP contribution in [-0.4, -0.2) is 23.7 Å². The van der Waals surface area contributed by atoms with Gasteiger partial charge in [-0.2, -0.15) is 5.26 Å². The van der Waals surface area contributed by atoms with Crippen molar-refractivity contribution in [3.05, 3.63) is 200 Å². The number of para-hydroxylation sites is 6. The Balaban J connectivity index is 1.14. The maximum Gasteiger partial charge on any atom is 0.100 e. The molecule has 0 aliphatic heterocycles. The van der Waals surface area contributed by atoms with Crippen molar-refractivity contribution in [3.63, 3.8) is 0 Å². The number of nitrogens with zero attached hydrogens (tertiary/aromatic N) is 6. The standard InChI is InChI=1S/C53H32N6/c54-29-47-45(34-25-37(32-55-30-34)58-50-21-9-3-15-41(50)42-16-4-10-22-51(42)58)27-36(57-48-19-7-1-13-39(48)40-14-2-8-20-49(40)57)28-46(47)35-26-38(33-56-31-35)59-52-23-11-5-17-43(52)44-18-6-12-24-53(44)59/h1-28,30-33H. The molecule has 0 atom stereocenters. The molecule has 12 rings (SSSR count). The molecule has 5 heterocycles. The summed E-state index contributed by atoms with van der Waals surface area (Å²) < 4.78 is 6.85. The zero-order valence-electron chi connectivity index (χ0n) is 31.7. The molecule has 0 radical (unpaired) electrons. The van der Waals surface area contributed by atoms with Gasteiger partial charge in [0.05, 0.1) is 62.4 Å². The molecule has 7 aromatic carbocycles. The Labute approximate surface area is 338 Å². The van der Waals surface area contributed by atoms with Crippen LogP contribution in [-0.2, 0) is 0 Å². The van der Waals surface area contributed by atoms with Gasteiger partial charge in [-0.3, -0.25) is 9.97 Å². The van der Waals surface area contributed by atoms with Gasteiger partial charge in [-0.25, -0.2) is 0 Å². The van der Waals surface area contributed by atoms with E-state index in [0.29, 0.717) is 5.56 Å². The predicted octanol–water partition coefficient (Wildman–Crippen LogP) is 13.0. The van der Waals surface area contributed by atoms with E-state index in [0.717, 1.165) is 72.4 Å². The fraction of sp³-hybridized carbons (Fsp3) is 0. The molecule has 0 aliphatic rings. The van der Waals surface area contributed by atoms with Crippen molar-refractivity contribution in [1.29, 1.82) is 5.26 Å². The number of benzene rings is 7. The van der Waals surface area contributed by atoms with Crippen LogP contribution in [0.5, 0.6) is 0 Å². The van der Waals surface area contributed by atoms with Gasteiger partial charge in [0.1, 0.15) is 6.07 Å². The third-order valence-electron chi connectivity index (χ3n) is 11.8. The number of aromatic nitrogens is 5. The summed E-state index contributed by atoms with van der Waals surface area (Å²) in [6.45, 7) is 0. The Bertz CT molecular complexity index is 3370. The highest BCUT2D eigenvalue weighted by atomic mass is 15.0. The molecule has 0 saturated carbocycles. The van der Waals surface area contributed by atoms with Gasteiger partial charge in [0.2, 0.25) is 0 Å². The van der Waals surface area contributed by atoms with E-state index in [1.807, 2.05) is 24.8 Å². The van der Waals surface area contributed by atoms with Crippen LogP contribution in [0.4, 0.5) is 0 Å². The summed E-state index contributed by atoms with van der Waals surface area (Å²) in [6.07, 6.45) is 7.57. The molecule has 6 nitrogen and oxygen atoms in total. The number of hydrogen-bond donors (Lipinski definition) is 0. The van der Waals surface area contributed by atoms with Crippen LogP contribution in [0.2, 0.25) is 0 Å². The van der Waals surface area contributed by atoms with Crippen LogP contribution in [0, 0.1) is 11.3 Å². The average molecular weight is 753 g/mol. The van der Waals surface area contributed by atoms with E-state index in [-0.39, 0.29) is 0 Å². The summed E-state index contributed by atoms with van der Waals surface area (Å²) in [6, 6.07) is 62.2. The Hall–Kier alpha value is -8.27. The molecule has 0 unspecified atom stereocenters. The van der Waals surface area contributed by atoms with Gasteiger partial charge in [-0.15, -0.1) is 0 Å². The van der Waals surface area contributed by atoms with Crippen LogP contribution < -0.4 is 0 Å². The van der Waals surface area contributed by atoms with Crippen LogP contribution in [0.1, 0.15) is 5.56 Å². The van der Waals surface area contributed by atoms with E-state index in [2.05, 4.69) is 190 Å². The zero-order valence-corrected chi connectivity index (χ0v) is 31.7. The second-order valence-corrected chi connectivity index (χ2v) is 15.0. The first-order valence-electron chi connectivity index (χ1n) is 19.7. The lowest BCUT2D eigenvalue weighted by atomic mass is 9.92. The number of pyridine rings is 2. The van der Waals surface area contributed by atoms with Crippen molar-refractivity contribution in [3.8, 4) is 45.4 Å². The van der Waals surface area contributed by atoms with Gasteiger partial charge < -0.3 is 13.7 Å². The summed E-state index contributed by atoms with van der Waals surface area (Å²) in [5.41, 5.74) is 13.2. The summed E-state index contributed by atoms with van der Waals surface area (Å²) in [7, 11) is 0. The van der Waals surface area contributed by atoms with Gasteiger partial charge >= 0.3 is 0 Å². The molecule has 59 heavy (non-hydrogen) atoms. The summed E-state index contributed by atoms with van der Waals surface area (Å²) >= 11 is 0. The van der Waals surface area contributed by atoms with Crippen LogP contribution >= 0.6 is 0 Å². The normalized spacial score (nSPS) is 11.7. The Morgan fingerprint density at radius 2 is 0.627 bits per heavy atom. The van der Waals surface area contributed by atoms with Crippen LogP contribution in [0.25, 0.3) is 105 Å². The Morgan fingerprint density at radius 3 is 0.932 bits per heavy atom. The largest absolute Gasteiger partial charge is 0.309 e. The van der Waals surface area contributed by atoms with Crippen molar-refractivity contribution >= 4 is 65.4 Å². The average Bonchev–Trinajstić information content (AvgIpc) is 3.95. The molecule has 0 bridgehead atoms. The molecular weight excluding hydrogens is 721 g/mol. The number of fused-ring (bicyclic) bond motifs is 9. The molecule has 0 N–H and O–H groups in total. The van der Waals surface area contributed by atoms with Crippen LogP contribution in [0.15, 0.2) is 195 Å². The molecule has 6 heteroatoms. The highest BCUT2D eigenvalue weighted by Gasteiger charge is 2.21. The second-order valence-electron chi connectivity index (χ2n) is 15.0. The third kappa shape index (κ3) is 4.92. The number of nitriles is 1. The van der Waals surface area contributed by atoms with Crippen molar-refractivity contribution in [1.82, 2.24) is 23.7 Å². The van der Waals surface area contributed by atoms with E-state index >= 15 is 0 Å². The SMILES string of the molecule is N#Cc1c(-c2cncc(-n3c4ccccc4c4ccccc43)c2)cc(-n2c3ccccc3c3ccccc32)cc1-c1cncc(-n2c3ccccc3c3ccccc32)c1. The number of rotatable bonds is 5. The maximum atomic E-state index is 11.3. The molecule has 0 fully saturated rings. The van der Waals surface area contributed by atoms with Crippen LogP contribution in [0.3, 0.4) is 0 Å². The van der Waals surface area contributed by atoms with Gasteiger partial charge in [0.25, 0.3) is 0 Å². The quantitative estimate of drug-likeness (QED) is 0.176. The van der Waals surface area contributed by atoms with Gasteiger partial charge in [-0.05, 0) is 60.7 Å². The topological polar surface area (TPSA) is 64.4 Å². The van der Waals surface area contributed by atoms with E-state index < -0.39 is 0 Å². The second kappa shape index (κ2) is 12.9. The Kier molecular flexibility index (Phi) is 7.19. The van der Waals surface area contributed by atoms with Gasteiger partial charge in [0.15, 0.2) is 0 Å². The molecule has 0 aliphatic carbocycles. The lowest BCUT2D eigenvalue weighted by Gasteiger charge is -2.17. The Morgan fingerprint density at radius 1 is 0.339 bits per heavy atom. The highest BCUT2D eigenvalue weighted by Crippen LogP contribution is 2.41. The minimum Gasteiger partial charge on any atom is -0.309 e. The summed E-state index contributed by atoms with van der Waals surface area (Å²) in [5.74, 6) is 0. The number of hydrogen-bond acceptors (Lipinski definition) is 3. The van der Waals surface area contributed by atoms with Crippen molar-refractivity contribution < 1.29 is 0 Å². The minimum absolute atomic E-state index is 0.553. The molecule has 0 spiro atoms. The van der Waals surface area contributed by atoms with Crippen molar-refractivity contribution in [2.45, 2.75) is 0 Å². The molecule has 0 amide bonds. The first-order chi connectivity index (χ1) is 29.2. The fourth-order valence-corrected chi connectivity index (χ4v) is 9.33. The first-order valence-corrected chi connectivity index (χ1v) is 19.7. The van der Waals surface area contributed by atoms with Gasteiger partial charge in [-0.1, -0.05) is 109 Å². The molecule has 0 saturated heterocycles. The zero-order chi connectivity index (χ0) is 39.0. The molecule has 5 aromatic heterocycles. The fourth-order valence-electron chi connectivity index (χ4n) is 9.33. The molecular formula is C53H32N6. The van der Waals surface area contributed by atoms with Gasteiger partial charge in [0, 0.05) is 72.7 Å². The molecule has 12 aromatic rings. The minimum atomic E-state index is 0.553. The van der Waals surface area contributed by atoms with Crippen molar-refractivity contribution in [2.24, 2.45) is 0 Å². The monoisotopic (exact) mass is 752 g/mol.